The highest BCUT2D eigenvalue weighted by Gasteiger charge is 2.21. The first-order valence-electron chi connectivity index (χ1n) is 9.25. The fourth-order valence-electron chi connectivity index (χ4n) is 3.64. The summed E-state index contributed by atoms with van der Waals surface area (Å²) in [7, 11) is 0. The number of pyridine rings is 1. The molecule has 0 saturated carbocycles. The van der Waals surface area contributed by atoms with Crippen molar-refractivity contribution >= 4 is 10.9 Å². The number of nitrogens with zero attached hydrogens (tertiary/aromatic N) is 3. The highest BCUT2D eigenvalue weighted by molar-refractivity contribution is 5.91. The van der Waals surface area contributed by atoms with E-state index in [4.69, 9.17) is 4.74 Å². The summed E-state index contributed by atoms with van der Waals surface area (Å²) >= 11 is 0. The average Bonchev–Trinajstić information content (AvgIpc) is 3.39. The fraction of sp³-hybridized carbons (Fsp3) is 0.182. The van der Waals surface area contributed by atoms with Crippen molar-refractivity contribution in [1.82, 2.24) is 20.1 Å². The minimum absolute atomic E-state index is 0.381. The first kappa shape index (κ1) is 16.0. The van der Waals surface area contributed by atoms with Crippen LogP contribution in [-0.4, -0.2) is 27.9 Å². The van der Waals surface area contributed by atoms with Crippen molar-refractivity contribution in [3.05, 3.63) is 73.1 Å². The quantitative estimate of drug-likeness (QED) is 0.588. The maximum Gasteiger partial charge on any atom is 0.127 e. The summed E-state index contributed by atoms with van der Waals surface area (Å²) in [6.45, 7) is 1.99. The first-order valence-corrected chi connectivity index (χ1v) is 9.25. The lowest BCUT2D eigenvalue weighted by atomic mass is 10.1. The Labute approximate surface area is 157 Å². The molecule has 1 aliphatic heterocycles. The molecule has 1 N–H and O–H groups in total. The largest absolute Gasteiger partial charge is 0.457 e. The smallest absolute Gasteiger partial charge is 0.127 e. The van der Waals surface area contributed by atoms with Crippen LogP contribution in [0.1, 0.15) is 12.5 Å². The predicted octanol–water partition coefficient (Wildman–Crippen LogP) is 4.43. The lowest BCUT2D eigenvalue weighted by Crippen LogP contribution is -2.14. The molecule has 134 valence electrons. The van der Waals surface area contributed by atoms with Crippen molar-refractivity contribution in [3.8, 4) is 22.8 Å². The molecule has 0 bridgehead atoms. The molecule has 5 nitrogen and oxygen atoms in total. The lowest BCUT2D eigenvalue weighted by molar-refractivity contribution is 0.483. The third kappa shape index (κ3) is 3.06. The third-order valence-electron chi connectivity index (χ3n) is 4.99. The Bertz CT molecular complexity index is 1050. The second-order valence-corrected chi connectivity index (χ2v) is 6.77. The Balaban J connectivity index is 1.50. The Morgan fingerprint density at radius 2 is 1.78 bits per heavy atom. The van der Waals surface area contributed by atoms with E-state index >= 15 is 0 Å². The fourth-order valence-corrected chi connectivity index (χ4v) is 3.64. The molecule has 1 fully saturated rings. The zero-order chi connectivity index (χ0) is 18.1. The van der Waals surface area contributed by atoms with Crippen LogP contribution >= 0.6 is 0 Å². The molecule has 5 rings (SSSR count). The molecule has 0 aliphatic carbocycles. The van der Waals surface area contributed by atoms with Gasteiger partial charge >= 0.3 is 0 Å². The van der Waals surface area contributed by atoms with Gasteiger partial charge in [-0.05, 0) is 55.4 Å². The Morgan fingerprint density at radius 1 is 0.963 bits per heavy atom. The molecule has 0 spiro atoms. The topological polar surface area (TPSA) is 52.0 Å². The van der Waals surface area contributed by atoms with Crippen LogP contribution in [0.25, 0.3) is 22.2 Å². The van der Waals surface area contributed by atoms with Gasteiger partial charge in [-0.3, -0.25) is 9.67 Å². The summed E-state index contributed by atoms with van der Waals surface area (Å²) in [5.41, 5.74) is 3.12. The first-order chi connectivity index (χ1) is 13.4. The third-order valence-corrected chi connectivity index (χ3v) is 4.99. The van der Waals surface area contributed by atoms with E-state index in [1.165, 1.54) is 0 Å². The van der Waals surface area contributed by atoms with Gasteiger partial charge in [-0.1, -0.05) is 18.2 Å². The summed E-state index contributed by atoms with van der Waals surface area (Å²) in [5, 5.41) is 9.19. The highest BCUT2D eigenvalue weighted by atomic mass is 16.5. The minimum Gasteiger partial charge on any atom is -0.457 e. The molecule has 2 aromatic carbocycles. The zero-order valence-electron chi connectivity index (χ0n) is 14.9. The molecule has 1 aliphatic rings. The molecule has 5 heteroatoms. The molecular formula is C22H20N4O. The van der Waals surface area contributed by atoms with Crippen LogP contribution in [0.4, 0.5) is 0 Å². The summed E-state index contributed by atoms with van der Waals surface area (Å²) in [4.78, 5) is 4.67. The molecule has 4 aromatic rings. The number of benzene rings is 2. The summed E-state index contributed by atoms with van der Waals surface area (Å²) in [6, 6.07) is 20.3. The number of hydrogen-bond acceptors (Lipinski definition) is 4. The molecule has 1 saturated heterocycles. The van der Waals surface area contributed by atoms with Gasteiger partial charge in [0.1, 0.15) is 11.5 Å². The molecule has 1 unspecified atom stereocenters. The van der Waals surface area contributed by atoms with E-state index in [1.807, 2.05) is 60.9 Å². The van der Waals surface area contributed by atoms with E-state index in [0.717, 1.165) is 53.2 Å². The van der Waals surface area contributed by atoms with Gasteiger partial charge in [-0.25, -0.2) is 0 Å². The predicted molar refractivity (Wildman–Crippen MR) is 106 cm³/mol. The van der Waals surface area contributed by atoms with Gasteiger partial charge in [0.25, 0.3) is 0 Å². The van der Waals surface area contributed by atoms with Crippen LogP contribution in [0.2, 0.25) is 0 Å². The molecule has 0 radical (unpaired) electrons. The molecule has 27 heavy (non-hydrogen) atoms. The van der Waals surface area contributed by atoms with E-state index in [9.17, 15) is 0 Å². The van der Waals surface area contributed by atoms with Gasteiger partial charge in [0.2, 0.25) is 0 Å². The number of ether oxygens (including phenoxy) is 1. The Morgan fingerprint density at radius 3 is 2.56 bits per heavy atom. The van der Waals surface area contributed by atoms with Crippen LogP contribution < -0.4 is 10.1 Å². The van der Waals surface area contributed by atoms with Crippen molar-refractivity contribution in [1.29, 1.82) is 0 Å². The van der Waals surface area contributed by atoms with Crippen molar-refractivity contribution < 1.29 is 4.74 Å². The average molecular weight is 356 g/mol. The van der Waals surface area contributed by atoms with Gasteiger partial charge in [0.05, 0.1) is 23.4 Å². The number of aromatic nitrogens is 3. The van der Waals surface area contributed by atoms with Crippen molar-refractivity contribution in [2.75, 3.05) is 13.1 Å². The monoisotopic (exact) mass is 356 g/mol. The van der Waals surface area contributed by atoms with E-state index in [2.05, 4.69) is 32.2 Å². The van der Waals surface area contributed by atoms with Gasteiger partial charge in [-0.2, -0.15) is 5.10 Å². The van der Waals surface area contributed by atoms with Crippen molar-refractivity contribution in [2.45, 2.75) is 12.5 Å². The SMILES string of the molecule is c1ccc(Oc2ccc(-c3nccc4cnn(C5CCNC5)c34)cc2)cc1. The summed E-state index contributed by atoms with van der Waals surface area (Å²) < 4.78 is 8.03. The van der Waals surface area contributed by atoms with Gasteiger partial charge < -0.3 is 10.1 Å². The Kier molecular flexibility index (Phi) is 4.07. The maximum atomic E-state index is 5.90. The van der Waals surface area contributed by atoms with Crippen LogP contribution in [0.3, 0.4) is 0 Å². The van der Waals surface area contributed by atoms with E-state index in [1.54, 1.807) is 0 Å². The van der Waals surface area contributed by atoms with Crippen molar-refractivity contribution in [2.24, 2.45) is 0 Å². The molecule has 2 aromatic heterocycles. The molecule has 0 amide bonds. The number of para-hydroxylation sites is 1. The highest BCUT2D eigenvalue weighted by Crippen LogP contribution is 2.31. The van der Waals surface area contributed by atoms with Gasteiger partial charge in [0, 0.05) is 23.7 Å². The maximum absolute atomic E-state index is 5.90. The van der Waals surface area contributed by atoms with Crippen LogP contribution in [0.5, 0.6) is 11.5 Å². The standard InChI is InChI=1S/C22H20N4O/c1-2-4-19(5-3-1)27-20-8-6-16(7-9-20)21-22-17(10-13-24-21)14-25-26(22)18-11-12-23-15-18/h1-10,13-14,18,23H,11-12,15H2. The van der Waals surface area contributed by atoms with Crippen molar-refractivity contribution in [3.63, 3.8) is 0 Å². The van der Waals surface area contributed by atoms with E-state index in [0.29, 0.717) is 6.04 Å². The second-order valence-electron chi connectivity index (χ2n) is 6.77. The minimum atomic E-state index is 0.381. The van der Waals surface area contributed by atoms with Crippen LogP contribution in [-0.2, 0) is 0 Å². The number of fused-ring (bicyclic) bond motifs is 1. The molecular weight excluding hydrogens is 336 g/mol. The number of nitrogens with one attached hydrogen (secondary N) is 1. The second kappa shape index (κ2) is 6.85. The number of rotatable bonds is 4. The van der Waals surface area contributed by atoms with E-state index in [-0.39, 0.29) is 0 Å². The van der Waals surface area contributed by atoms with Crippen LogP contribution in [0, 0.1) is 0 Å². The van der Waals surface area contributed by atoms with Crippen LogP contribution in [0.15, 0.2) is 73.1 Å². The Hall–Kier alpha value is -3.18. The summed E-state index contributed by atoms with van der Waals surface area (Å²) in [5.74, 6) is 1.64. The zero-order valence-corrected chi connectivity index (χ0v) is 14.9. The molecule has 1 atom stereocenters. The normalized spacial score (nSPS) is 16.7. The number of hydrogen-bond donors (Lipinski definition) is 1. The lowest BCUT2D eigenvalue weighted by Gasteiger charge is -2.13. The molecule has 3 heterocycles. The van der Waals surface area contributed by atoms with E-state index < -0.39 is 0 Å². The summed E-state index contributed by atoms with van der Waals surface area (Å²) in [6.07, 6.45) is 4.88. The van der Waals surface area contributed by atoms with Gasteiger partial charge in [0.15, 0.2) is 0 Å². The van der Waals surface area contributed by atoms with Gasteiger partial charge in [-0.15, -0.1) is 0 Å².